The Morgan fingerprint density at radius 2 is 1.95 bits per heavy atom. The third-order valence-corrected chi connectivity index (χ3v) is 7.33. The van der Waals surface area contributed by atoms with Crippen molar-refractivity contribution in [1.29, 1.82) is 5.26 Å². The first-order chi connectivity index (χ1) is 19.0. The molecule has 1 aromatic carbocycles. The smallest absolute Gasteiger partial charge is 0.410 e. The van der Waals surface area contributed by atoms with Crippen molar-refractivity contribution in [1.82, 2.24) is 15.1 Å². The van der Waals surface area contributed by atoms with Crippen molar-refractivity contribution in [2.75, 3.05) is 13.1 Å². The number of aliphatic hydroxyl groups excluding tert-OH is 1. The number of amides is 1. The maximum Gasteiger partial charge on any atom is 0.410 e. The number of rotatable bonds is 3. The minimum Gasteiger partial charge on any atom is -0.444 e. The molecule has 0 bridgehead atoms. The Morgan fingerprint density at radius 1 is 1.29 bits per heavy atom. The summed E-state index contributed by atoms with van der Waals surface area (Å²) < 4.78 is 53.5. The number of aryl methyl sites for hydroxylation is 1. The number of ether oxygens (including phenoxy) is 2. The highest BCUT2D eigenvalue weighted by molar-refractivity contribution is 5.70. The predicted molar refractivity (Wildman–Crippen MR) is 142 cm³/mol. The second-order valence-corrected chi connectivity index (χ2v) is 11.7. The van der Waals surface area contributed by atoms with Gasteiger partial charge in [0.2, 0.25) is 11.8 Å². The molecule has 3 heterocycles. The van der Waals surface area contributed by atoms with Crippen LogP contribution < -0.4 is 10.5 Å². The highest BCUT2D eigenvalue weighted by atomic mass is 19.4. The Balaban J connectivity index is 1.84. The zero-order valence-electron chi connectivity index (χ0n) is 23.7. The Labute approximate surface area is 236 Å². The number of nitrogens with two attached hydrogens (primary N) is 1. The van der Waals surface area contributed by atoms with Crippen LogP contribution in [-0.2, 0) is 16.8 Å². The standard InChI is InChI=1S/C29H32F3N5O4/c1-16(2)28(21(12-33)23(34)40-24-22(28)17(3)35-36-24)20-10-18(9-19(11-20)13-38)7-8-27(29(30,31)32)14-37(15-27)25(39)41-26(4,5)6/h9-11,16,38H,13-15,34H2,1-6H3,(H,35,36)/t28-/m0/s1. The van der Waals surface area contributed by atoms with E-state index in [0.29, 0.717) is 22.4 Å². The van der Waals surface area contributed by atoms with Crippen molar-refractivity contribution < 1.29 is 32.5 Å². The van der Waals surface area contributed by atoms with Gasteiger partial charge in [-0.3, -0.25) is 0 Å². The number of benzene rings is 1. The van der Waals surface area contributed by atoms with Gasteiger partial charge >= 0.3 is 12.3 Å². The van der Waals surface area contributed by atoms with E-state index >= 15 is 0 Å². The van der Waals surface area contributed by atoms with Crippen molar-refractivity contribution in [3.05, 3.63) is 57.6 Å². The van der Waals surface area contributed by atoms with Crippen molar-refractivity contribution in [2.45, 2.75) is 65.3 Å². The van der Waals surface area contributed by atoms with Crippen LogP contribution >= 0.6 is 0 Å². The molecule has 2 aliphatic rings. The van der Waals surface area contributed by atoms with E-state index in [2.05, 4.69) is 28.1 Å². The number of aromatic amines is 1. The van der Waals surface area contributed by atoms with E-state index in [4.69, 9.17) is 15.2 Å². The number of nitrogens with one attached hydrogen (secondary N) is 1. The Hall–Kier alpha value is -4.16. The maximum atomic E-state index is 14.2. The Bertz CT molecular complexity index is 1510. The van der Waals surface area contributed by atoms with Gasteiger partial charge in [0.1, 0.15) is 17.2 Å². The molecule has 41 heavy (non-hydrogen) atoms. The second-order valence-electron chi connectivity index (χ2n) is 11.7. The van der Waals surface area contributed by atoms with Crippen LogP contribution in [0.15, 0.2) is 29.7 Å². The number of hydrogen-bond donors (Lipinski definition) is 3. The SMILES string of the molecule is Cc1n[nH]c2c1[C@](c1cc(C#CC3(C(F)(F)F)CN(C(=O)OC(C)(C)C)C3)cc(CO)c1)(C(C)C)C(C#N)=C(N)O2. The van der Waals surface area contributed by atoms with Gasteiger partial charge in [0.15, 0.2) is 5.41 Å². The molecule has 1 amide bonds. The molecule has 4 N–H and O–H groups in total. The third kappa shape index (κ3) is 4.97. The van der Waals surface area contributed by atoms with Crippen molar-refractivity contribution >= 4 is 6.09 Å². The van der Waals surface area contributed by atoms with Crippen LogP contribution in [-0.4, -0.2) is 51.2 Å². The number of aromatic nitrogens is 2. The summed E-state index contributed by atoms with van der Waals surface area (Å²) in [4.78, 5) is 13.3. The molecule has 1 fully saturated rings. The van der Waals surface area contributed by atoms with Crippen molar-refractivity contribution in [3.8, 4) is 23.8 Å². The lowest BCUT2D eigenvalue weighted by atomic mass is 9.61. The monoisotopic (exact) mass is 571 g/mol. The summed E-state index contributed by atoms with van der Waals surface area (Å²) in [5.74, 6) is 4.83. The minimum absolute atomic E-state index is 0.109. The lowest BCUT2D eigenvalue weighted by Gasteiger charge is -2.47. The van der Waals surface area contributed by atoms with Crippen LogP contribution in [0.25, 0.3) is 0 Å². The van der Waals surface area contributed by atoms with Crippen LogP contribution in [0.2, 0.25) is 0 Å². The first kappa shape index (κ1) is 29.8. The number of hydrogen-bond acceptors (Lipinski definition) is 7. The molecule has 12 heteroatoms. The van der Waals surface area contributed by atoms with Crippen molar-refractivity contribution in [3.63, 3.8) is 0 Å². The van der Waals surface area contributed by atoms with Crippen LogP contribution in [0.5, 0.6) is 5.88 Å². The first-order valence-electron chi connectivity index (χ1n) is 13.0. The summed E-state index contributed by atoms with van der Waals surface area (Å²) in [7, 11) is 0. The molecular formula is C29H32F3N5O4. The van der Waals surface area contributed by atoms with Crippen LogP contribution in [0.4, 0.5) is 18.0 Å². The number of likely N-dealkylation sites (tertiary alicyclic amines) is 1. The molecule has 9 nitrogen and oxygen atoms in total. The Kier molecular flexibility index (Phi) is 7.30. The normalized spacial score (nSPS) is 19.9. The van der Waals surface area contributed by atoms with Gasteiger partial charge in [0, 0.05) is 5.56 Å². The molecule has 0 saturated carbocycles. The zero-order chi connectivity index (χ0) is 30.5. The lowest BCUT2D eigenvalue weighted by Crippen LogP contribution is -2.64. The zero-order valence-corrected chi connectivity index (χ0v) is 23.7. The third-order valence-electron chi connectivity index (χ3n) is 7.33. The number of carbonyl (C=O) groups is 1. The Morgan fingerprint density at radius 3 is 2.49 bits per heavy atom. The fourth-order valence-corrected chi connectivity index (χ4v) is 5.44. The van der Waals surface area contributed by atoms with Gasteiger partial charge in [-0.25, -0.2) is 9.89 Å². The molecule has 218 valence electrons. The van der Waals surface area contributed by atoms with Gasteiger partial charge < -0.3 is 25.2 Å². The molecule has 1 aromatic heterocycles. The number of nitrogens with zero attached hydrogens (tertiary/aromatic N) is 3. The summed E-state index contributed by atoms with van der Waals surface area (Å²) in [6.45, 7) is 8.60. The number of allylic oxidation sites excluding steroid dienone is 1. The first-order valence-corrected chi connectivity index (χ1v) is 13.0. The molecule has 1 saturated heterocycles. The van der Waals surface area contributed by atoms with Gasteiger partial charge in [0.05, 0.1) is 36.4 Å². The molecule has 0 spiro atoms. The molecule has 0 unspecified atom stereocenters. The summed E-state index contributed by atoms with van der Waals surface area (Å²) >= 11 is 0. The molecule has 2 aliphatic heterocycles. The average Bonchev–Trinajstić information content (AvgIpc) is 3.20. The van der Waals surface area contributed by atoms with Gasteiger partial charge in [-0.1, -0.05) is 31.8 Å². The van der Waals surface area contributed by atoms with E-state index in [1.54, 1.807) is 39.8 Å². The number of carbonyl (C=O) groups excluding carboxylic acids is 1. The maximum absolute atomic E-state index is 14.2. The second kappa shape index (κ2) is 10.0. The summed E-state index contributed by atoms with van der Waals surface area (Å²) in [5, 5.41) is 27.3. The topological polar surface area (TPSA) is 137 Å². The van der Waals surface area contributed by atoms with E-state index < -0.39 is 48.4 Å². The number of halogens is 3. The van der Waals surface area contributed by atoms with E-state index in [9.17, 15) is 28.3 Å². The summed E-state index contributed by atoms with van der Waals surface area (Å²) in [6, 6.07) is 6.90. The van der Waals surface area contributed by atoms with Crippen LogP contribution in [0.3, 0.4) is 0 Å². The fourth-order valence-electron chi connectivity index (χ4n) is 5.44. The number of nitriles is 1. The fraction of sp³-hybridized carbons (Fsp3) is 0.483. The highest BCUT2D eigenvalue weighted by Crippen LogP contribution is 2.53. The average molecular weight is 572 g/mol. The van der Waals surface area contributed by atoms with E-state index in [0.717, 1.165) is 4.90 Å². The number of H-pyrrole nitrogens is 1. The van der Waals surface area contributed by atoms with Crippen molar-refractivity contribution in [2.24, 2.45) is 17.1 Å². The molecular weight excluding hydrogens is 539 g/mol. The van der Waals surface area contributed by atoms with Crippen LogP contribution in [0, 0.1) is 41.4 Å². The lowest BCUT2D eigenvalue weighted by molar-refractivity contribution is -0.237. The highest BCUT2D eigenvalue weighted by Gasteiger charge is 2.63. The summed E-state index contributed by atoms with van der Waals surface area (Å²) in [6.07, 6.45) is -5.56. The number of alkyl halides is 3. The van der Waals surface area contributed by atoms with Gasteiger partial charge in [-0.2, -0.15) is 23.5 Å². The molecule has 2 aromatic rings. The molecule has 0 radical (unpaired) electrons. The largest absolute Gasteiger partial charge is 0.444 e. The quantitative estimate of drug-likeness (QED) is 0.465. The van der Waals surface area contributed by atoms with E-state index in [1.807, 2.05) is 13.8 Å². The molecule has 0 aliphatic carbocycles. The summed E-state index contributed by atoms with van der Waals surface area (Å²) in [5.41, 5.74) is 3.94. The number of fused-ring (bicyclic) bond motifs is 1. The van der Waals surface area contributed by atoms with E-state index in [-0.39, 0.29) is 28.8 Å². The van der Waals surface area contributed by atoms with Crippen LogP contribution in [0.1, 0.15) is 62.6 Å². The van der Waals surface area contributed by atoms with E-state index in [1.165, 1.54) is 6.07 Å². The molecule has 4 rings (SSSR count). The minimum atomic E-state index is -4.72. The van der Waals surface area contributed by atoms with Gasteiger partial charge in [-0.05, 0) is 56.9 Å². The van der Waals surface area contributed by atoms with Gasteiger partial charge in [-0.15, -0.1) is 0 Å². The van der Waals surface area contributed by atoms with Gasteiger partial charge in [0.25, 0.3) is 0 Å². The molecule has 1 atom stereocenters. The number of aliphatic hydroxyl groups is 1. The predicted octanol–water partition coefficient (Wildman–Crippen LogP) is 4.39.